The van der Waals surface area contributed by atoms with Crippen LogP contribution in [0.15, 0.2) is 83.3 Å². The minimum atomic E-state index is 0.683. The highest BCUT2D eigenvalue weighted by Gasteiger charge is 2.13. The van der Waals surface area contributed by atoms with Gasteiger partial charge in [-0.3, -0.25) is 0 Å². The number of anilines is 3. The van der Waals surface area contributed by atoms with E-state index in [-0.39, 0.29) is 0 Å². The Morgan fingerprint density at radius 3 is 1.96 bits per heavy atom. The highest BCUT2D eigenvalue weighted by molar-refractivity contribution is 5.84. The lowest BCUT2D eigenvalue weighted by atomic mass is 10.2. The van der Waals surface area contributed by atoms with Crippen LogP contribution in [0.1, 0.15) is 5.89 Å². The smallest absolute Gasteiger partial charge is 0.192 e. The molecule has 4 aromatic rings. The number of aryl methyl sites for hydroxylation is 1. The van der Waals surface area contributed by atoms with Gasteiger partial charge in [-0.25, -0.2) is 4.98 Å². The summed E-state index contributed by atoms with van der Waals surface area (Å²) in [6, 6.07) is 26.7. The zero-order valence-corrected chi connectivity index (χ0v) is 12.8. The second kappa shape index (κ2) is 5.61. The first kappa shape index (κ1) is 13.6. The predicted molar refractivity (Wildman–Crippen MR) is 93.4 cm³/mol. The van der Waals surface area contributed by atoms with Crippen molar-refractivity contribution in [2.24, 2.45) is 0 Å². The Morgan fingerprint density at radius 1 is 0.739 bits per heavy atom. The highest BCUT2D eigenvalue weighted by atomic mass is 16.3. The molecule has 1 heterocycles. The minimum absolute atomic E-state index is 0.683. The molecule has 0 fully saturated rings. The van der Waals surface area contributed by atoms with Gasteiger partial charge in [0.1, 0.15) is 5.52 Å². The van der Waals surface area contributed by atoms with Crippen molar-refractivity contribution in [1.29, 1.82) is 0 Å². The van der Waals surface area contributed by atoms with E-state index in [9.17, 15) is 0 Å². The molecular weight excluding hydrogens is 284 g/mol. The molecule has 0 radical (unpaired) electrons. The molecule has 0 aliphatic carbocycles. The van der Waals surface area contributed by atoms with E-state index in [1.807, 2.05) is 49.4 Å². The number of oxazole rings is 1. The van der Waals surface area contributed by atoms with Gasteiger partial charge in [-0.1, -0.05) is 36.4 Å². The molecule has 1 aromatic heterocycles. The Hall–Kier alpha value is -3.07. The quantitative estimate of drug-likeness (QED) is 0.492. The van der Waals surface area contributed by atoms with Gasteiger partial charge in [0, 0.05) is 24.0 Å². The number of hydrogen-bond donors (Lipinski definition) is 0. The van der Waals surface area contributed by atoms with Crippen molar-refractivity contribution >= 4 is 28.2 Å². The molecular formula is C20H16N2O. The topological polar surface area (TPSA) is 29.3 Å². The van der Waals surface area contributed by atoms with Crippen molar-refractivity contribution in [3.05, 3.63) is 84.8 Å². The Bertz CT molecular complexity index is 890. The van der Waals surface area contributed by atoms with Crippen molar-refractivity contribution < 1.29 is 4.42 Å². The summed E-state index contributed by atoms with van der Waals surface area (Å²) in [7, 11) is 0. The maximum atomic E-state index is 5.58. The van der Waals surface area contributed by atoms with Gasteiger partial charge in [-0.15, -0.1) is 0 Å². The highest BCUT2D eigenvalue weighted by Crippen LogP contribution is 2.35. The summed E-state index contributed by atoms with van der Waals surface area (Å²) in [4.78, 5) is 6.66. The van der Waals surface area contributed by atoms with Crippen molar-refractivity contribution in [1.82, 2.24) is 4.98 Å². The Kier molecular flexibility index (Phi) is 3.31. The van der Waals surface area contributed by atoms with E-state index >= 15 is 0 Å². The molecule has 3 aromatic carbocycles. The number of benzene rings is 3. The summed E-state index contributed by atoms with van der Waals surface area (Å²) in [5.74, 6) is 0.683. The SMILES string of the molecule is Cc1nc2cc(N(c3ccccc3)c3ccccc3)ccc2o1. The molecule has 4 rings (SSSR count). The lowest BCUT2D eigenvalue weighted by molar-refractivity contribution is 0.561. The van der Waals surface area contributed by atoms with Crippen LogP contribution in [-0.4, -0.2) is 4.98 Å². The zero-order valence-electron chi connectivity index (χ0n) is 12.8. The van der Waals surface area contributed by atoms with Crippen LogP contribution in [0.3, 0.4) is 0 Å². The molecule has 0 spiro atoms. The average molecular weight is 300 g/mol. The summed E-state index contributed by atoms with van der Waals surface area (Å²) in [6.07, 6.45) is 0. The van der Waals surface area contributed by atoms with E-state index in [0.717, 1.165) is 28.2 Å². The van der Waals surface area contributed by atoms with Crippen LogP contribution < -0.4 is 4.90 Å². The van der Waals surface area contributed by atoms with Gasteiger partial charge in [-0.2, -0.15) is 0 Å². The van der Waals surface area contributed by atoms with Crippen LogP contribution in [0.5, 0.6) is 0 Å². The predicted octanol–water partition coefficient (Wildman–Crippen LogP) is 5.61. The Morgan fingerprint density at radius 2 is 1.35 bits per heavy atom. The number of aromatic nitrogens is 1. The van der Waals surface area contributed by atoms with Crippen LogP contribution in [0, 0.1) is 6.92 Å². The van der Waals surface area contributed by atoms with E-state index < -0.39 is 0 Å². The van der Waals surface area contributed by atoms with E-state index in [1.165, 1.54) is 0 Å². The zero-order chi connectivity index (χ0) is 15.6. The fourth-order valence-corrected chi connectivity index (χ4v) is 2.77. The monoisotopic (exact) mass is 300 g/mol. The molecule has 3 nitrogen and oxygen atoms in total. The first-order valence-corrected chi connectivity index (χ1v) is 7.59. The molecule has 0 bridgehead atoms. The largest absolute Gasteiger partial charge is 0.441 e. The van der Waals surface area contributed by atoms with Crippen LogP contribution in [0.4, 0.5) is 17.1 Å². The molecule has 112 valence electrons. The summed E-state index contributed by atoms with van der Waals surface area (Å²) in [6.45, 7) is 1.87. The van der Waals surface area contributed by atoms with Gasteiger partial charge in [0.2, 0.25) is 0 Å². The summed E-state index contributed by atoms with van der Waals surface area (Å²) >= 11 is 0. The van der Waals surface area contributed by atoms with E-state index in [1.54, 1.807) is 0 Å². The standard InChI is InChI=1S/C20H16N2O/c1-15-21-19-14-18(12-13-20(19)23-15)22(16-8-4-2-5-9-16)17-10-6-3-7-11-17/h2-14H,1H3. The van der Waals surface area contributed by atoms with Gasteiger partial charge in [0.15, 0.2) is 11.5 Å². The van der Waals surface area contributed by atoms with Gasteiger partial charge >= 0.3 is 0 Å². The minimum Gasteiger partial charge on any atom is -0.441 e. The molecule has 0 saturated carbocycles. The maximum Gasteiger partial charge on any atom is 0.192 e. The molecule has 0 aliphatic heterocycles. The van der Waals surface area contributed by atoms with Crippen LogP contribution >= 0.6 is 0 Å². The van der Waals surface area contributed by atoms with Crippen LogP contribution in [-0.2, 0) is 0 Å². The van der Waals surface area contributed by atoms with Crippen molar-refractivity contribution in [2.45, 2.75) is 6.92 Å². The fraction of sp³-hybridized carbons (Fsp3) is 0.0500. The number of fused-ring (bicyclic) bond motifs is 1. The number of rotatable bonds is 3. The van der Waals surface area contributed by atoms with E-state index in [0.29, 0.717) is 5.89 Å². The van der Waals surface area contributed by atoms with Gasteiger partial charge in [0.25, 0.3) is 0 Å². The first-order valence-electron chi connectivity index (χ1n) is 7.59. The second-order valence-corrected chi connectivity index (χ2v) is 5.39. The number of para-hydroxylation sites is 2. The summed E-state index contributed by atoms with van der Waals surface area (Å²) in [5.41, 5.74) is 4.96. The second-order valence-electron chi connectivity index (χ2n) is 5.39. The lowest BCUT2D eigenvalue weighted by Crippen LogP contribution is -2.09. The van der Waals surface area contributed by atoms with Gasteiger partial charge < -0.3 is 9.32 Å². The van der Waals surface area contributed by atoms with Crippen molar-refractivity contribution in [3.63, 3.8) is 0 Å². The molecule has 0 atom stereocenters. The van der Waals surface area contributed by atoms with Crippen molar-refractivity contribution in [2.75, 3.05) is 4.90 Å². The third-order valence-electron chi connectivity index (χ3n) is 3.77. The summed E-state index contributed by atoms with van der Waals surface area (Å²) in [5, 5.41) is 0. The summed E-state index contributed by atoms with van der Waals surface area (Å²) < 4.78 is 5.58. The molecule has 0 amide bonds. The first-order chi connectivity index (χ1) is 11.3. The fourth-order valence-electron chi connectivity index (χ4n) is 2.77. The average Bonchev–Trinajstić information content (AvgIpc) is 2.96. The number of nitrogens with zero attached hydrogens (tertiary/aromatic N) is 2. The number of hydrogen-bond acceptors (Lipinski definition) is 3. The molecule has 0 saturated heterocycles. The Balaban J connectivity index is 1.89. The van der Waals surface area contributed by atoms with E-state index in [4.69, 9.17) is 4.42 Å². The Labute approximate surface area is 134 Å². The van der Waals surface area contributed by atoms with Crippen LogP contribution in [0.25, 0.3) is 11.1 Å². The normalized spacial score (nSPS) is 10.8. The third kappa shape index (κ3) is 2.57. The molecule has 0 N–H and O–H groups in total. The molecule has 0 unspecified atom stereocenters. The molecule has 0 aliphatic rings. The lowest BCUT2D eigenvalue weighted by Gasteiger charge is -2.25. The van der Waals surface area contributed by atoms with Crippen molar-refractivity contribution in [3.8, 4) is 0 Å². The molecule has 3 heteroatoms. The van der Waals surface area contributed by atoms with Crippen LogP contribution in [0.2, 0.25) is 0 Å². The van der Waals surface area contributed by atoms with E-state index in [2.05, 4.69) is 46.3 Å². The maximum absolute atomic E-state index is 5.58. The molecule has 23 heavy (non-hydrogen) atoms. The van der Waals surface area contributed by atoms with Gasteiger partial charge in [-0.05, 0) is 42.5 Å². The third-order valence-corrected chi connectivity index (χ3v) is 3.77. The van der Waals surface area contributed by atoms with Gasteiger partial charge in [0.05, 0.1) is 0 Å².